The van der Waals surface area contributed by atoms with E-state index in [4.69, 9.17) is 11.6 Å². The summed E-state index contributed by atoms with van der Waals surface area (Å²) in [4.78, 5) is 3.99. The van der Waals surface area contributed by atoms with Crippen LogP contribution < -0.4 is 5.32 Å². The first-order valence-corrected chi connectivity index (χ1v) is 4.09. The van der Waals surface area contributed by atoms with Crippen LogP contribution in [0.1, 0.15) is 0 Å². The van der Waals surface area contributed by atoms with Gasteiger partial charge in [0.2, 0.25) is 4.33 Å². The molecule has 1 aliphatic heterocycles. The maximum absolute atomic E-state index is 5.90. The summed E-state index contributed by atoms with van der Waals surface area (Å²) in [6.07, 6.45) is 7.08. The summed E-state index contributed by atoms with van der Waals surface area (Å²) in [7, 11) is 0. The third-order valence-corrected chi connectivity index (χ3v) is 2.49. The van der Waals surface area contributed by atoms with Gasteiger partial charge in [0.1, 0.15) is 0 Å². The van der Waals surface area contributed by atoms with E-state index in [-0.39, 0.29) is 0 Å². The quantitative estimate of drug-likeness (QED) is 0.466. The van der Waals surface area contributed by atoms with Crippen LogP contribution in [0.5, 0.6) is 0 Å². The lowest BCUT2D eigenvalue weighted by Gasteiger charge is -2.17. The largest absolute Gasteiger partial charge is 0.353 e. The number of rotatable bonds is 1. The van der Waals surface area contributed by atoms with Crippen LogP contribution in [0, 0.1) is 0 Å². The van der Waals surface area contributed by atoms with Gasteiger partial charge in [0.25, 0.3) is 0 Å². The molecule has 50 valence electrons. The Morgan fingerprint density at radius 1 is 1.78 bits per heavy atom. The number of nitrogens with zero attached hydrogens (tertiary/aromatic N) is 1. The predicted octanol–water partition coefficient (Wildman–Crippen LogP) is 1.39. The molecule has 2 nitrogen and oxygen atoms in total. The average Bonchev–Trinajstić information content (AvgIpc) is 1.90. The van der Waals surface area contributed by atoms with Crippen molar-refractivity contribution in [1.29, 1.82) is 0 Å². The van der Waals surface area contributed by atoms with E-state index in [1.54, 1.807) is 18.6 Å². The summed E-state index contributed by atoms with van der Waals surface area (Å²) in [6, 6.07) is 0. The van der Waals surface area contributed by atoms with E-state index in [9.17, 15) is 0 Å². The second-order valence-corrected chi connectivity index (χ2v) is 3.40. The molecule has 1 rings (SSSR count). The van der Waals surface area contributed by atoms with Gasteiger partial charge in [-0.05, 0) is 12.3 Å². The molecule has 1 N–H and O–H groups in total. The molecule has 0 bridgehead atoms. The van der Waals surface area contributed by atoms with E-state index in [1.807, 2.05) is 6.26 Å². The monoisotopic (exact) mass is 162 g/mol. The third kappa shape index (κ3) is 1.63. The van der Waals surface area contributed by atoms with Gasteiger partial charge < -0.3 is 5.32 Å². The van der Waals surface area contributed by atoms with E-state index >= 15 is 0 Å². The molecule has 0 saturated heterocycles. The molecule has 9 heavy (non-hydrogen) atoms. The normalized spacial score (nSPS) is 32.2. The summed E-state index contributed by atoms with van der Waals surface area (Å²) in [5.41, 5.74) is 0. The van der Waals surface area contributed by atoms with E-state index in [0.717, 1.165) is 0 Å². The van der Waals surface area contributed by atoms with Crippen LogP contribution in [0.2, 0.25) is 0 Å². The topological polar surface area (TPSA) is 24.4 Å². The zero-order valence-corrected chi connectivity index (χ0v) is 6.54. The number of hydrogen-bond acceptors (Lipinski definition) is 3. The van der Waals surface area contributed by atoms with Gasteiger partial charge in [-0.15, -0.1) is 11.8 Å². The fourth-order valence-corrected chi connectivity index (χ4v) is 0.957. The summed E-state index contributed by atoms with van der Waals surface area (Å²) >= 11 is 7.39. The first-order valence-electron chi connectivity index (χ1n) is 2.48. The minimum atomic E-state index is -0.564. The van der Waals surface area contributed by atoms with Gasteiger partial charge in [-0.1, -0.05) is 11.6 Å². The Morgan fingerprint density at radius 2 is 2.56 bits per heavy atom. The maximum atomic E-state index is 5.90. The molecular formula is C5H7ClN2S. The molecule has 0 spiro atoms. The number of thioether (sulfide) groups is 1. The first-order chi connectivity index (χ1) is 4.27. The second kappa shape index (κ2) is 2.62. The highest BCUT2D eigenvalue weighted by atomic mass is 35.5. The third-order valence-electron chi connectivity index (χ3n) is 0.987. The van der Waals surface area contributed by atoms with E-state index in [2.05, 4.69) is 10.3 Å². The molecule has 1 unspecified atom stereocenters. The van der Waals surface area contributed by atoms with Gasteiger partial charge in [-0.3, -0.25) is 0 Å². The summed E-state index contributed by atoms with van der Waals surface area (Å²) < 4.78 is -0.564. The Balaban J connectivity index is 2.67. The molecular weight excluding hydrogens is 156 g/mol. The molecule has 0 radical (unpaired) electrons. The Hall–Kier alpha value is -0.150. The molecule has 0 fully saturated rings. The molecule has 0 aromatic rings. The average molecular weight is 163 g/mol. The molecule has 1 aliphatic rings. The molecule has 0 aromatic carbocycles. The molecule has 4 heteroatoms. The van der Waals surface area contributed by atoms with Crippen molar-refractivity contribution < 1.29 is 0 Å². The number of aliphatic imine (C=N–C) groups is 1. The Kier molecular flexibility index (Phi) is 2.03. The highest BCUT2D eigenvalue weighted by molar-refractivity contribution is 8.01. The van der Waals surface area contributed by atoms with Crippen molar-refractivity contribution in [2.24, 2.45) is 4.99 Å². The van der Waals surface area contributed by atoms with E-state index < -0.39 is 4.33 Å². The lowest BCUT2D eigenvalue weighted by Crippen LogP contribution is -2.18. The Labute approximate surface area is 63.4 Å². The van der Waals surface area contributed by atoms with Crippen molar-refractivity contribution in [2.45, 2.75) is 4.33 Å². The van der Waals surface area contributed by atoms with Crippen molar-refractivity contribution in [3.63, 3.8) is 0 Å². The lowest BCUT2D eigenvalue weighted by molar-refractivity contribution is 1.01. The Morgan fingerprint density at radius 3 is 2.89 bits per heavy atom. The highest BCUT2D eigenvalue weighted by Crippen LogP contribution is 2.31. The van der Waals surface area contributed by atoms with E-state index in [0.29, 0.717) is 0 Å². The number of hydrogen-bond donors (Lipinski definition) is 1. The zero-order valence-electron chi connectivity index (χ0n) is 4.97. The van der Waals surface area contributed by atoms with Crippen LogP contribution in [-0.2, 0) is 0 Å². The molecule has 0 amide bonds. The van der Waals surface area contributed by atoms with Crippen LogP contribution in [0.4, 0.5) is 0 Å². The standard InChI is InChI=1S/C5H7ClN2S/c1-9-5(6)2-3-7-4-8-5/h2-4H,1H3,(H,7,8). The van der Waals surface area contributed by atoms with Gasteiger partial charge in [0, 0.05) is 6.20 Å². The fourth-order valence-electron chi connectivity index (χ4n) is 0.483. The van der Waals surface area contributed by atoms with Crippen molar-refractivity contribution >= 4 is 29.7 Å². The second-order valence-electron chi connectivity index (χ2n) is 1.57. The molecule has 1 heterocycles. The smallest absolute Gasteiger partial charge is 0.201 e. The molecule has 0 aromatic heterocycles. The number of halogens is 1. The van der Waals surface area contributed by atoms with Crippen molar-refractivity contribution in [2.75, 3.05) is 6.26 Å². The van der Waals surface area contributed by atoms with Crippen molar-refractivity contribution in [3.8, 4) is 0 Å². The minimum absolute atomic E-state index is 0.564. The van der Waals surface area contributed by atoms with Crippen LogP contribution in [-0.4, -0.2) is 16.9 Å². The van der Waals surface area contributed by atoms with Gasteiger partial charge >= 0.3 is 0 Å². The van der Waals surface area contributed by atoms with Crippen LogP contribution in [0.25, 0.3) is 0 Å². The molecule has 1 atom stereocenters. The summed E-state index contributed by atoms with van der Waals surface area (Å²) in [6.45, 7) is 0. The van der Waals surface area contributed by atoms with Crippen molar-refractivity contribution in [1.82, 2.24) is 5.32 Å². The van der Waals surface area contributed by atoms with Gasteiger partial charge in [-0.2, -0.15) is 0 Å². The number of alkyl halides is 1. The van der Waals surface area contributed by atoms with E-state index in [1.165, 1.54) is 11.8 Å². The Bertz CT molecular complexity index is 143. The summed E-state index contributed by atoms with van der Waals surface area (Å²) in [5, 5.41) is 2.80. The zero-order chi connectivity index (χ0) is 6.74. The lowest BCUT2D eigenvalue weighted by atomic mass is 10.5. The number of nitrogens with one attached hydrogen (secondary N) is 1. The summed E-state index contributed by atoms with van der Waals surface area (Å²) in [5.74, 6) is 0. The molecule has 0 aliphatic carbocycles. The van der Waals surface area contributed by atoms with Crippen molar-refractivity contribution in [3.05, 3.63) is 12.3 Å². The highest BCUT2D eigenvalue weighted by Gasteiger charge is 2.20. The van der Waals surface area contributed by atoms with Gasteiger partial charge in [0.15, 0.2) is 0 Å². The van der Waals surface area contributed by atoms with Crippen LogP contribution in [0.15, 0.2) is 17.3 Å². The fraction of sp³-hybridized carbons (Fsp3) is 0.400. The van der Waals surface area contributed by atoms with Gasteiger partial charge in [-0.25, -0.2) is 4.99 Å². The molecule has 0 saturated carbocycles. The van der Waals surface area contributed by atoms with Crippen LogP contribution >= 0.6 is 23.4 Å². The first kappa shape index (κ1) is 6.96. The maximum Gasteiger partial charge on any atom is 0.201 e. The SMILES string of the molecule is CSC1(Cl)C=CNC=N1. The van der Waals surface area contributed by atoms with Crippen LogP contribution in [0.3, 0.4) is 0 Å². The predicted molar refractivity (Wildman–Crippen MR) is 42.9 cm³/mol. The van der Waals surface area contributed by atoms with Gasteiger partial charge in [0.05, 0.1) is 6.34 Å². The minimum Gasteiger partial charge on any atom is -0.353 e.